The van der Waals surface area contributed by atoms with Crippen molar-refractivity contribution in [1.29, 1.82) is 0 Å². The van der Waals surface area contributed by atoms with E-state index in [9.17, 15) is 4.39 Å². The van der Waals surface area contributed by atoms with E-state index in [2.05, 4.69) is 6.92 Å². The molecular weight excluding hydrogens is 229 g/mol. The molecule has 2 aliphatic rings. The molecule has 18 heavy (non-hydrogen) atoms. The van der Waals surface area contributed by atoms with E-state index in [0.717, 1.165) is 36.5 Å². The van der Waals surface area contributed by atoms with Crippen LogP contribution in [0.1, 0.15) is 50.6 Å². The van der Waals surface area contributed by atoms with Gasteiger partial charge in [0.2, 0.25) is 0 Å². The topological polar surface area (TPSA) is 35.2 Å². The van der Waals surface area contributed by atoms with Crippen molar-refractivity contribution in [2.45, 2.75) is 50.7 Å². The van der Waals surface area contributed by atoms with Crippen molar-refractivity contribution in [2.24, 2.45) is 11.7 Å². The minimum Gasteiger partial charge on any atom is -0.487 e. The van der Waals surface area contributed by atoms with Crippen LogP contribution in [0.15, 0.2) is 18.2 Å². The molecule has 0 radical (unpaired) electrons. The van der Waals surface area contributed by atoms with Crippen LogP contribution < -0.4 is 10.5 Å². The number of ether oxygens (including phenoxy) is 1. The van der Waals surface area contributed by atoms with Crippen LogP contribution in [0.25, 0.3) is 0 Å². The monoisotopic (exact) mass is 249 g/mol. The molecule has 0 amide bonds. The first-order chi connectivity index (χ1) is 8.58. The molecule has 0 aromatic heterocycles. The average molecular weight is 249 g/mol. The Labute approximate surface area is 107 Å². The van der Waals surface area contributed by atoms with Gasteiger partial charge in [-0.3, -0.25) is 0 Å². The highest BCUT2D eigenvalue weighted by Gasteiger charge is 2.41. The maximum Gasteiger partial charge on any atom is 0.125 e. The van der Waals surface area contributed by atoms with Gasteiger partial charge in [-0.2, -0.15) is 0 Å². The molecule has 3 rings (SSSR count). The molecule has 1 aliphatic heterocycles. The van der Waals surface area contributed by atoms with Gasteiger partial charge >= 0.3 is 0 Å². The predicted octanol–water partition coefficient (Wildman–Crippen LogP) is 3.56. The minimum absolute atomic E-state index is 0.0992. The fourth-order valence-electron chi connectivity index (χ4n) is 3.28. The molecule has 0 unspecified atom stereocenters. The third-order valence-electron chi connectivity index (χ3n) is 4.48. The third kappa shape index (κ3) is 2.01. The van der Waals surface area contributed by atoms with E-state index in [4.69, 9.17) is 10.5 Å². The Bertz CT molecular complexity index is 452. The highest BCUT2D eigenvalue weighted by atomic mass is 19.1. The summed E-state index contributed by atoms with van der Waals surface area (Å²) in [4.78, 5) is 0. The molecule has 0 saturated heterocycles. The van der Waals surface area contributed by atoms with E-state index in [0.29, 0.717) is 0 Å². The molecule has 1 aromatic rings. The number of hydrogen-bond acceptors (Lipinski definition) is 2. The molecule has 1 spiro atoms. The fourth-order valence-corrected chi connectivity index (χ4v) is 3.28. The molecule has 0 bridgehead atoms. The third-order valence-corrected chi connectivity index (χ3v) is 4.48. The second kappa shape index (κ2) is 4.23. The molecule has 2 nitrogen and oxygen atoms in total. The summed E-state index contributed by atoms with van der Waals surface area (Å²) >= 11 is 0. The van der Waals surface area contributed by atoms with Gasteiger partial charge in [0, 0.05) is 18.0 Å². The molecule has 3 heteroatoms. The highest BCUT2D eigenvalue weighted by molar-refractivity contribution is 5.39. The zero-order valence-corrected chi connectivity index (χ0v) is 10.8. The van der Waals surface area contributed by atoms with Crippen molar-refractivity contribution in [3.63, 3.8) is 0 Å². The van der Waals surface area contributed by atoms with Crippen LogP contribution >= 0.6 is 0 Å². The van der Waals surface area contributed by atoms with Gasteiger partial charge in [0.05, 0.1) is 0 Å². The van der Waals surface area contributed by atoms with Crippen molar-refractivity contribution in [2.75, 3.05) is 0 Å². The van der Waals surface area contributed by atoms with E-state index >= 15 is 0 Å². The maximum atomic E-state index is 13.2. The van der Waals surface area contributed by atoms with Crippen LogP contribution in [0.2, 0.25) is 0 Å². The van der Waals surface area contributed by atoms with Gasteiger partial charge in [-0.25, -0.2) is 4.39 Å². The van der Waals surface area contributed by atoms with E-state index in [1.807, 2.05) is 0 Å². The smallest absolute Gasteiger partial charge is 0.125 e. The van der Waals surface area contributed by atoms with Crippen molar-refractivity contribution in [1.82, 2.24) is 0 Å². The summed E-state index contributed by atoms with van der Waals surface area (Å²) in [5.41, 5.74) is 6.93. The van der Waals surface area contributed by atoms with Gasteiger partial charge in [-0.15, -0.1) is 0 Å². The van der Waals surface area contributed by atoms with E-state index in [-0.39, 0.29) is 17.5 Å². The van der Waals surface area contributed by atoms with Crippen LogP contribution in [0.4, 0.5) is 4.39 Å². The lowest BCUT2D eigenvalue weighted by molar-refractivity contribution is -0.00866. The van der Waals surface area contributed by atoms with Gasteiger partial charge < -0.3 is 10.5 Å². The quantitative estimate of drug-likeness (QED) is 0.763. The number of nitrogens with two attached hydrogens (primary N) is 1. The summed E-state index contributed by atoms with van der Waals surface area (Å²) in [5.74, 6) is 1.33. The lowest BCUT2D eigenvalue weighted by Crippen LogP contribution is -2.45. The van der Waals surface area contributed by atoms with Gasteiger partial charge in [0.25, 0.3) is 0 Å². The van der Waals surface area contributed by atoms with Crippen molar-refractivity contribution in [3.05, 3.63) is 29.6 Å². The van der Waals surface area contributed by atoms with Gasteiger partial charge in [-0.05, 0) is 49.8 Å². The van der Waals surface area contributed by atoms with Gasteiger partial charge in [0.1, 0.15) is 17.2 Å². The van der Waals surface area contributed by atoms with Crippen LogP contribution in [0, 0.1) is 11.7 Å². The first kappa shape index (κ1) is 12.0. The van der Waals surface area contributed by atoms with Crippen LogP contribution in [0.3, 0.4) is 0 Å². The summed E-state index contributed by atoms with van der Waals surface area (Å²) < 4.78 is 19.4. The van der Waals surface area contributed by atoms with E-state index in [1.54, 1.807) is 6.07 Å². The number of halogens is 1. The van der Waals surface area contributed by atoms with E-state index in [1.165, 1.54) is 25.0 Å². The Hall–Kier alpha value is -1.09. The number of hydrogen-bond donors (Lipinski definition) is 1. The maximum absolute atomic E-state index is 13.2. The van der Waals surface area contributed by atoms with Crippen molar-refractivity contribution < 1.29 is 9.13 Å². The molecule has 1 aromatic carbocycles. The Balaban J connectivity index is 1.89. The Morgan fingerprint density at radius 1 is 1.33 bits per heavy atom. The zero-order valence-electron chi connectivity index (χ0n) is 10.8. The first-order valence-corrected chi connectivity index (χ1v) is 6.82. The zero-order chi connectivity index (χ0) is 12.8. The molecule has 1 heterocycles. The van der Waals surface area contributed by atoms with Crippen molar-refractivity contribution >= 4 is 0 Å². The van der Waals surface area contributed by atoms with E-state index < -0.39 is 0 Å². The average Bonchev–Trinajstić information content (AvgIpc) is 2.35. The summed E-state index contributed by atoms with van der Waals surface area (Å²) in [6.45, 7) is 2.29. The van der Waals surface area contributed by atoms with Crippen LogP contribution in [-0.4, -0.2) is 5.60 Å². The minimum atomic E-state index is -0.235. The predicted molar refractivity (Wildman–Crippen MR) is 68.9 cm³/mol. The number of rotatable bonds is 0. The summed E-state index contributed by atoms with van der Waals surface area (Å²) in [7, 11) is 0. The summed E-state index contributed by atoms with van der Waals surface area (Å²) in [6.07, 6.45) is 5.35. The van der Waals surface area contributed by atoms with Crippen molar-refractivity contribution in [3.8, 4) is 5.75 Å². The lowest BCUT2D eigenvalue weighted by atomic mass is 9.74. The molecule has 2 N–H and O–H groups in total. The van der Waals surface area contributed by atoms with Crippen LogP contribution in [-0.2, 0) is 0 Å². The summed E-state index contributed by atoms with van der Waals surface area (Å²) in [6, 6.07) is 4.59. The lowest BCUT2D eigenvalue weighted by Gasteiger charge is -2.45. The SMILES string of the molecule is CC1CCC2(CC1)C[C@H](N)c1cc(F)ccc1O2. The second-order valence-electron chi connectivity index (χ2n) is 5.96. The molecule has 1 aliphatic carbocycles. The molecule has 98 valence electrons. The normalized spacial score (nSPS) is 35.1. The molecule has 1 atom stereocenters. The Morgan fingerprint density at radius 3 is 2.78 bits per heavy atom. The Morgan fingerprint density at radius 2 is 2.06 bits per heavy atom. The first-order valence-electron chi connectivity index (χ1n) is 6.82. The number of benzene rings is 1. The number of fused-ring (bicyclic) bond motifs is 1. The molecule has 1 saturated carbocycles. The standard InChI is InChI=1S/C15H20FNO/c1-10-4-6-15(7-5-10)9-13(17)12-8-11(16)2-3-14(12)18-15/h2-3,8,10,13H,4-7,9,17H2,1H3/t10?,13-,15?/m0/s1. The van der Waals surface area contributed by atoms with Gasteiger partial charge in [-0.1, -0.05) is 6.92 Å². The van der Waals surface area contributed by atoms with Gasteiger partial charge in [0.15, 0.2) is 0 Å². The Kier molecular flexibility index (Phi) is 2.81. The second-order valence-corrected chi connectivity index (χ2v) is 5.96. The highest BCUT2D eigenvalue weighted by Crippen LogP contribution is 2.46. The fraction of sp³-hybridized carbons (Fsp3) is 0.600. The van der Waals surface area contributed by atoms with Crippen LogP contribution in [0.5, 0.6) is 5.75 Å². The molecule has 1 fully saturated rings. The largest absolute Gasteiger partial charge is 0.487 e. The summed E-state index contributed by atoms with van der Waals surface area (Å²) in [5, 5.41) is 0. The molecular formula is C15H20FNO.